The molecule has 0 fully saturated rings. The van der Waals surface area contributed by atoms with Gasteiger partial charge in [-0.15, -0.1) is 13.2 Å². The van der Waals surface area contributed by atoms with E-state index in [1.54, 1.807) is 0 Å². The molecule has 106 valence electrons. The van der Waals surface area contributed by atoms with E-state index in [-0.39, 0.29) is 0 Å². The molecule has 0 radical (unpaired) electrons. The number of alkyl halides is 3. The van der Waals surface area contributed by atoms with Crippen LogP contribution in [0.25, 0.3) is 0 Å². The molecule has 7 nitrogen and oxygen atoms in total. The number of nitro groups is 1. The normalized spacial score (nSPS) is 12.3. The number of hydrogen-bond donors (Lipinski definition) is 0. The molecule has 0 N–H and O–H groups in total. The van der Waals surface area contributed by atoms with Gasteiger partial charge in [0.1, 0.15) is 4.47 Å². The maximum absolute atomic E-state index is 12.0. The molecule has 1 aromatic heterocycles. The van der Waals surface area contributed by atoms with Gasteiger partial charge in [-0.25, -0.2) is 8.42 Å². The quantitative estimate of drug-likeness (QED) is 0.450. The Labute approximate surface area is 116 Å². The van der Waals surface area contributed by atoms with E-state index >= 15 is 0 Å². The standard InChI is InChI=1S/C6HBrClF3N2O5S/c7-2-1-3(18-6(9,10)11)12-5(19(8,16)17)4(2)13(14)15/h1H. The highest BCUT2D eigenvalue weighted by Gasteiger charge is 2.35. The Morgan fingerprint density at radius 3 is 2.37 bits per heavy atom. The van der Waals surface area contributed by atoms with Gasteiger partial charge in [-0.1, -0.05) is 0 Å². The van der Waals surface area contributed by atoms with Crippen molar-refractivity contribution in [2.75, 3.05) is 0 Å². The first-order valence-electron chi connectivity index (χ1n) is 3.97. The number of pyridine rings is 1. The van der Waals surface area contributed by atoms with Crippen molar-refractivity contribution in [3.05, 3.63) is 20.7 Å². The second-order valence-electron chi connectivity index (χ2n) is 2.84. The number of ether oxygens (including phenoxy) is 1. The van der Waals surface area contributed by atoms with Gasteiger partial charge in [0.05, 0.1) is 4.92 Å². The smallest absolute Gasteiger partial charge is 0.388 e. The molecular weight excluding hydrogens is 384 g/mol. The highest BCUT2D eigenvalue weighted by Crippen LogP contribution is 2.36. The minimum absolute atomic E-state index is 0.497. The SMILES string of the molecule is O=[N+]([O-])c1c(Br)cc(OC(F)(F)F)nc1S(=O)(=O)Cl. The van der Waals surface area contributed by atoms with Crippen LogP contribution in [0, 0.1) is 10.1 Å². The largest absolute Gasteiger partial charge is 0.574 e. The molecule has 0 atom stereocenters. The molecule has 0 aliphatic carbocycles. The third-order valence-corrected chi connectivity index (χ3v) is 3.31. The van der Waals surface area contributed by atoms with E-state index in [1.165, 1.54) is 0 Å². The predicted octanol–water partition coefficient (Wildman–Crippen LogP) is 2.58. The zero-order valence-electron chi connectivity index (χ0n) is 8.31. The van der Waals surface area contributed by atoms with Gasteiger partial charge in [-0.05, 0) is 15.9 Å². The molecule has 0 amide bonds. The van der Waals surface area contributed by atoms with Crippen LogP contribution in [0.2, 0.25) is 0 Å². The molecule has 1 heterocycles. The van der Waals surface area contributed by atoms with E-state index in [2.05, 4.69) is 25.7 Å². The molecule has 0 spiro atoms. The highest BCUT2D eigenvalue weighted by molar-refractivity contribution is 9.10. The van der Waals surface area contributed by atoms with Gasteiger partial charge < -0.3 is 4.74 Å². The second-order valence-corrected chi connectivity index (χ2v) is 6.17. The summed E-state index contributed by atoms with van der Waals surface area (Å²) in [7, 11) is 0.134. The fourth-order valence-electron chi connectivity index (χ4n) is 0.970. The minimum Gasteiger partial charge on any atom is -0.388 e. The van der Waals surface area contributed by atoms with Crippen LogP contribution in [0.15, 0.2) is 15.6 Å². The average molecular weight is 386 g/mol. The van der Waals surface area contributed by atoms with Crippen molar-refractivity contribution in [2.45, 2.75) is 11.4 Å². The number of hydrogen-bond acceptors (Lipinski definition) is 6. The molecule has 0 aliphatic rings. The number of nitrogens with zero attached hydrogens (tertiary/aromatic N) is 2. The van der Waals surface area contributed by atoms with Crippen LogP contribution in [0.1, 0.15) is 0 Å². The van der Waals surface area contributed by atoms with E-state index in [9.17, 15) is 31.7 Å². The van der Waals surface area contributed by atoms with Crippen molar-refractivity contribution in [2.24, 2.45) is 0 Å². The minimum atomic E-state index is -5.14. The molecule has 1 aromatic rings. The molecule has 1 rings (SSSR count). The maximum atomic E-state index is 12.0. The lowest BCUT2D eigenvalue weighted by molar-refractivity contribution is -0.389. The third kappa shape index (κ3) is 4.18. The summed E-state index contributed by atoms with van der Waals surface area (Å²) in [5.74, 6) is -1.20. The van der Waals surface area contributed by atoms with E-state index < -0.39 is 41.4 Å². The monoisotopic (exact) mass is 384 g/mol. The van der Waals surface area contributed by atoms with Gasteiger partial charge in [0.2, 0.25) is 5.88 Å². The first-order valence-corrected chi connectivity index (χ1v) is 7.07. The van der Waals surface area contributed by atoms with Crippen LogP contribution in [-0.4, -0.2) is 24.7 Å². The molecule has 0 aromatic carbocycles. The van der Waals surface area contributed by atoms with Crippen molar-refractivity contribution in [1.82, 2.24) is 4.98 Å². The van der Waals surface area contributed by atoms with E-state index in [0.29, 0.717) is 6.07 Å². The lowest BCUT2D eigenvalue weighted by Crippen LogP contribution is -2.18. The van der Waals surface area contributed by atoms with Gasteiger partial charge in [0.25, 0.3) is 14.1 Å². The molecule has 0 bridgehead atoms. The van der Waals surface area contributed by atoms with Crippen LogP contribution in [-0.2, 0) is 9.05 Å². The molecule has 0 saturated carbocycles. The van der Waals surface area contributed by atoms with Crippen LogP contribution in [0.3, 0.4) is 0 Å². The summed E-state index contributed by atoms with van der Waals surface area (Å²) in [5, 5.41) is 9.28. The predicted molar refractivity (Wildman–Crippen MR) is 58.3 cm³/mol. The zero-order chi connectivity index (χ0) is 15.0. The lowest BCUT2D eigenvalue weighted by Gasteiger charge is -2.09. The molecule has 0 unspecified atom stereocenters. The Hall–Kier alpha value is -1.14. The Morgan fingerprint density at radius 1 is 1.47 bits per heavy atom. The average Bonchev–Trinajstić information content (AvgIpc) is 2.11. The van der Waals surface area contributed by atoms with Gasteiger partial charge >= 0.3 is 12.0 Å². The lowest BCUT2D eigenvalue weighted by atomic mass is 10.4. The summed E-state index contributed by atoms with van der Waals surface area (Å²) in [6, 6.07) is 0.497. The van der Waals surface area contributed by atoms with E-state index in [1.807, 2.05) is 0 Å². The zero-order valence-corrected chi connectivity index (χ0v) is 11.5. The number of rotatable bonds is 3. The molecule has 0 saturated heterocycles. The summed E-state index contributed by atoms with van der Waals surface area (Å²) >= 11 is 2.55. The van der Waals surface area contributed by atoms with Crippen LogP contribution in [0.4, 0.5) is 18.9 Å². The summed E-state index contributed by atoms with van der Waals surface area (Å²) in [6.07, 6.45) is -5.14. The highest BCUT2D eigenvalue weighted by atomic mass is 79.9. The van der Waals surface area contributed by atoms with Crippen molar-refractivity contribution in [1.29, 1.82) is 0 Å². The summed E-state index contributed by atoms with van der Waals surface area (Å²) in [5.41, 5.74) is -1.09. The van der Waals surface area contributed by atoms with Gasteiger partial charge in [0, 0.05) is 16.7 Å². The number of halogens is 5. The molecule has 19 heavy (non-hydrogen) atoms. The van der Waals surface area contributed by atoms with Gasteiger partial charge in [-0.2, -0.15) is 4.98 Å². The van der Waals surface area contributed by atoms with Gasteiger partial charge in [-0.3, -0.25) is 10.1 Å². The molecule has 13 heteroatoms. The Bertz CT molecular complexity index is 634. The second kappa shape index (κ2) is 5.09. The van der Waals surface area contributed by atoms with Crippen molar-refractivity contribution < 1.29 is 31.2 Å². The van der Waals surface area contributed by atoms with Crippen molar-refractivity contribution >= 4 is 41.4 Å². The summed E-state index contributed by atoms with van der Waals surface area (Å²) in [4.78, 5) is 12.3. The fraction of sp³-hybridized carbons (Fsp3) is 0.167. The molecule has 0 aliphatic heterocycles. The Kier molecular flexibility index (Phi) is 4.27. The Morgan fingerprint density at radius 2 is 2.00 bits per heavy atom. The van der Waals surface area contributed by atoms with Crippen molar-refractivity contribution in [3.8, 4) is 5.88 Å². The Balaban J connectivity index is 3.53. The molecular formula is C6HBrClF3N2O5S. The van der Waals surface area contributed by atoms with E-state index in [4.69, 9.17) is 10.7 Å². The number of aromatic nitrogens is 1. The van der Waals surface area contributed by atoms with Crippen LogP contribution in [0.5, 0.6) is 5.88 Å². The first-order chi connectivity index (χ1) is 8.42. The van der Waals surface area contributed by atoms with Crippen LogP contribution < -0.4 is 4.74 Å². The summed E-state index contributed by atoms with van der Waals surface area (Å²) in [6.45, 7) is 0. The first kappa shape index (κ1) is 15.9. The fourth-order valence-corrected chi connectivity index (χ4v) is 2.57. The van der Waals surface area contributed by atoms with Crippen molar-refractivity contribution in [3.63, 3.8) is 0 Å². The van der Waals surface area contributed by atoms with Gasteiger partial charge in [0.15, 0.2) is 0 Å². The maximum Gasteiger partial charge on any atom is 0.574 e. The summed E-state index contributed by atoms with van der Waals surface area (Å²) < 4.78 is 60.8. The van der Waals surface area contributed by atoms with E-state index in [0.717, 1.165) is 0 Å². The third-order valence-electron chi connectivity index (χ3n) is 1.52. The van der Waals surface area contributed by atoms with Crippen LogP contribution >= 0.6 is 26.6 Å². The topological polar surface area (TPSA) is 99.4 Å².